The molecule has 102 valence electrons. The number of aliphatic carboxylic acids is 1. The van der Waals surface area contributed by atoms with Crippen LogP contribution in [0.25, 0.3) is 0 Å². The van der Waals surface area contributed by atoms with Crippen molar-refractivity contribution < 1.29 is 9.90 Å². The van der Waals surface area contributed by atoms with Crippen LogP contribution >= 0.6 is 12.4 Å². The van der Waals surface area contributed by atoms with Gasteiger partial charge in [-0.15, -0.1) is 12.4 Å². The monoisotopic (exact) mass is 271 g/mol. The molecule has 1 unspecified atom stereocenters. The Bertz CT molecular complexity index is 382. The lowest BCUT2D eigenvalue weighted by Gasteiger charge is -2.27. The first kappa shape index (κ1) is 16.9. The summed E-state index contributed by atoms with van der Waals surface area (Å²) in [5.74, 6) is -0.766. The van der Waals surface area contributed by atoms with Crippen LogP contribution in [-0.2, 0) is 4.79 Å². The summed E-state index contributed by atoms with van der Waals surface area (Å²) in [5.41, 5.74) is 2.39. The van der Waals surface area contributed by atoms with Gasteiger partial charge in [-0.2, -0.15) is 0 Å². The third-order valence-corrected chi connectivity index (χ3v) is 2.92. The van der Waals surface area contributed by atoms with Crippen molar-refractivity contribution in [2.24, 2.45) is 0 Å². The van der Waals surface area contributed by atoms with Gasteiger partial charge in [0.1, 0.15) is 0 Å². The van der Waals surface area contributed by atoms with Crippen LogP contribution in [-0.4, -0.2) is 29.1 Å². The van der Waals surface area contributed by atoms with E-state index in [1.807, 2.05) is 11.0 Å². The molecule has 0 aromatic heterocycles. The molecule has 4 heteroatoms. The van der Waals surface area contributed by atoms with Gasteiger partial charge in [0.05, 0.1) is 6.54 Å². The molecule has 0 aliphatic heterocycles. The van der Waals surface area contributed by atoms with Crippen molar-refractivity contribution in [2.75, 3.05) is 13.1 Å². The van der Waals surface area contributed by atoms with Gasteiger partial charge in [-0.05, 0) is 32.4 Å². The summed E-state index contributed by atoms with van der Waals surface area (Å²) in [7, 11) is 0. The van der Waals surface area contributed by atoms with Gasteiger partial charge in [0.2, 0.25) is 0 Å². The van der Waals surface area contributed by atoms with Crippen LogP contribution in [0.4, 0.5) is 0 Å². The summed E-state index contributed by atoms with van der Waals surface area (Å²) in [6.07, 6.45) is 0.962. The zero-order valence-corrected chi connectivity index (χ0v) is 12.0. The standard InChI is InChI=1S/C14H21NO2.ClH/c1-4-8-15(10-14(16)17)12(3)13-7-5-6-11(2)9-13;/h5-7,9,12H,4,8,10H2,1-3H3,(H,16,17);1H. The molecule has 0 amide bonds. The largest absolute Gasteiger partial charge is 0.480 e. The molecule has 1 rings (SSSR count). The number of benzene rings is 1. The Kier molecular flexibility index (Phi) is 7.64. The Morgan fingerprint density at radius 2 is 2.11 bits per heavy atom. The zero-order valence-electron chi connectivity index (χ0n) is 11.2. The van der Waals surface area contributed by atoms with Crippen LogP contribution in [0.15, 0.2) is 24.3 Å². The molecule has 0 radical (unpaired) electrons. The van der Waals surface area contributed by atoms with Crippen molar-refractivity contribution in [2.45, 2.75) is 33.2 Å². The normalized spacial score (nSPS) is 12.0. The fourth-order valence-electron chi connectivity index (χ4n) is 2.01. The summed E-state index contributed by atoms with van der Waals surface area (Å²) in [6, 6.07) is 8.40. The topological polar surface area (TPSA) is 40.5 Å². The fraction of sp³-hybridized carbons (Fsp3) is 0.500. The number of nitrogens with zero attached hydrogens (tertiary/aromatic N) is 1. The zero-order chi connectivity index (χ0) is 12.8. The number of rotatable bonds is 6. The van der Waals surface area contributed by atoms with Crippen molar-refractivity contribution in [1.82, 2.24) is 4.90 Å². The average molecular weight is 272 g/mol. The Labute approximate surface area is 115 Å². The van der Waals surface area contributed by atoms with Crippen LogP contribution in [0.3, 0.4) is 0 Å². The van der Waals surface area contributed by atoms with E-state index in [1.165, 1.54) is 11.1 Å². The summed E-state index contributed by atoms with van der Waals surface area (Å²) in [5, 5.41) is 8.92. The maximum atomic E-state index is 10.8. The molecule has 0 aliphatic rings. The lowest BCUT2D eigenvalue weighted by atomic mass is 10.0. The number of aryl methyl sites for hydroxylation is 1. The maximum absolute atomic E-state index is 10.8. The molecule has 0 saturated heterocycles. The maximum Gasteiger partial charge on any atom is 0.317 e. The minimum Gasteiger partial charge on any atom is -0.480 e. The highest BCUT2D eigenvalue weighted by molar-refractivity contribution is 5.85. The SMILES string of the molecule is CCCN(CC(=O)O)C(C)c1cccc(C)c1.Cl. The molecule has 0 heterocycles. The van der Waals surface area contributed by atoms with E-state index in [9.17, 15) is 4.79 Å². The first-order valence-corrected chi connectivity index (χ1v) is 6.07. The van der Waals surface area contributed by atoms with E-state index in [2.05, 4.69) is 39.0 Å². The quantitative estimate of drug-likeness (QED) is 0.863. The molecule has 0 bridgehead atoms. The number of carboxylic acids is 1. The number of hydrogen-bond acceptors (Lipinski definition) is 2. The summed E-state index contributed by atoms with van der Waals surface area (Å²) >= 11 is 0. The van der Waals surface area contributed by atoms with Gasteiger partial charge in [0.25, 0.3) is 0 Å². The molecular formula is C14H22ClNO2. The van der Waals surface area contributed by atoms with Crippen molar-refractivity contribution in [3.63, 3.8) is 0 Å². The second-order valence-electron chi connectivity index (χ2n) is 4.45. The first-order valence-electron chi connectivity index (χ1n) is 6.07. The first-order chi connectivity index (χ1) is 8.04. The van der Waals surface area contributed by atoms with Crippen LogP contribution < -0.4 is 0 Å². The number of carbonyl (C=O) groups is 1. The molecule has 18 heavy (non-hydrogen) atoms. The van der Waals surface area contributed by atoms with Gasteiger partial charge in [0, 0.05) is 6.04 Å². The molecule has 0 aliphatic carbocycles. The molecule has 1 atom stereocenters. The molecule has 1 N–H and O–H groups in total. The van der Waals surface area contributed by atoms with E-state index in [-0.39, 0.29) is 25.0 Å². The van der Waals surface area contributed by atoms with Crippen molar-refractivity contribution in [1.29, 1.82) is 0 Å². The summed E-state index contributed by atoms with van der Waals surface area (Å²) < 4.78 is 0. The Balaban J connectivity index is 0.00000289. The van der Waals surface area contributed by atoms with Crippen LogP contribution in [0.5, 0.6) is 0 Å². The molecule has 3 nitrogen and oxygen atoms in total. The van der Waals surface area contributed by atoms with E-state index in [4.69, 9.17) is 5.11 Å². The van der Waals surface area contributed by atoms with Gasteiger partial charge < -0.3 is 5.11 Å². The third-order valence-electron chi connectivity index (χ3n) is 2.92. The predicted molar refractivity (Wildman–Crippen MR) is 76.3 cm³/mol. The van der Waals surface area contributed by atoms with Gasteiger partial charge in [-0.25, -0.2) is 0 Å². The Morgan fingerprint density at radius 3 is 2.61 bits per heavy atom. The third kappa shape index (κ3) is 5.07. The Hall–Kier alpha value is -1.06. The van der Waals surface area contributed by atoms with Crippen molar-refractivity contribution in [3.05, 3.63) is 35.4 Å². The minimum atomic E-state index is -0.766. The van der Waals surface area contributed by atoms with E-state index < -0.39 is 5.97 Å². The van der Waals surface area contributed by atoms with E-state index in [0.717, 1.165) is 13.0 Å². The van der Waals surface area contributed by atoms with Gasteiger partial charge in [-0.1, -0.05) is 36.8 Å². The molecular weight excluding hydrogens is 250 g/mol. The van der Waals surface area contributed by atoms with Crippen LogP contribution in [0.1, 0.15) is 37.4 Å². The summed E-state index contributed by atoms with van der Waals surface area (Å²) in [4.78, 5) is 12.8. The lowest BCUT2D eigenvalue weighted by molar-refractivity contribution is -0.138. The molecule has 1 aromatic carbocycles. The number of hydrogen-bond donors (Lipinski definition) is 1. The molecule has 1 aromatic rings. The molecule has 0 saturated carbocycles. The molecule has 0 fully saturated rings. The van der Waals surface area contributed by atoms with Gasteiger partial charge in [0.15, 0.2) is 0 Å². The highest BCUT2D eigenvalue weighted by Gasteiger charge is 2.17. The van der Waals surface area contributed by atoms with E-state index >= 15 is 0 Å². The predicted octanol–water partition coefficient (Wildman–Crippen LogP) is 3.27. The Morgan fingerprint density at radius 1 is 1.44 bits per heavy atom. The van der Waals surface area contributed by atoms with Gasteiger partial charge in [-0.3, -0.25) is 9.69 Å². The van der Waals surface area contributed by atoms with E-state index in [1.54, 1.807) is 0 Å². The van der Waals surface area contributed by atoms with Crippen LogP contribution in [0, 0.1) is 6.92 Å². The average Bonchev–Trinajstić information content (AvgIpc) is 2.27. The summed E-state index contributed by atoms with van der Waals surface area (Å²) in [6.45, 7) is 7.09. The molecule has 0 spiro atoms. The second-order valence-corrected chi connectivity index (χ2v) is 4.45. The van der Waals surface area contributed by atoms with Crippen molar-refractivity contribution in [3.8, 4) is 0 Å². The number of halogens is 1. The number of carboxylic acid groups (broad SMARTS) is 1. The smallest absolute Gasteiger partial charge is 0.317 e. The van der Waals surface area contributed by atoms with E-state index in [0.29, 0.717) is 0 Å². The van der Waals surface area contributed by atoms with Crippen LogP contribution in [0.2, 0.25) is 0 Å². The van der Waals surface area contributed by atoms with Crippen molar-refractivity contribution >= 4 is 18.4 Å². The lowest BCUT2D eigenvalue weighted by Crippen LogP contribution is -2.33. The fourth-order valence-corrected chi connectivity index (χ4v) is 2.01. The highest BCUT2D eigenvalue weighted by atomic mass is 35.5. The second kappa shape index (κ2) is 8.11. The minimum absolute atomic E-state index is 0. The van der Waals surface area contributed by atoms with Gasteiger partial charge >= 0.3 is 5.97 Å². The highest BCUT2D eigenvalue weighted by Crippen LogP contribution is 2.20.